The predicted octanol–water partition coefficient (Wildman–Crippen LogP) is 6.23. The van der Waals surface area contributed by atoms with Crippen molar-refractivity contribution in [3.63, 3.8) is 0 Å². The zero-order chi connectivity index (χ0) is 22.3. The van der Waals surface area contributed by atoms with Crippen molar-refractivity contribution in [3.8, 4) is 5.75 Å². The number of hydrogen-bond donors (Lipinski definition) is 0. The van der Waals surface area contributed by atoms with E-state index in [0.29, 0.717) is 22.4 Å². The van der Waals surface area contributed by atoms with E-state index >= 15 is 0 Å². The van der Waals surface area contributed by atoms with Crippen LogP contribution in [-0.2, 0) is 12.8 Å². The first kappa shape index (κ1) is 21.3. The van der Waals surface area contributed by atoms with E-state index < -0.39 is 0 Å². The van der Waals surface area contributed by atoms with Crippen LogP contribution in [0, 0.1) is 6.92 Å². The summed E-state index contributed by atoms with van der Waals surface area (Å²) in [5.41, 5.74) is 4.68. The fourth-order valence-electron chi connectivity index (χ4n) is 3.68. The molecule has 3 heteroatoms. The van der Waals surface area contributed by atoms with Crippen LogP contribution in [0.5, 0.6) is 5.75 Å². The number of hydrogen-bond acceptors (Lipinski definition) is 3. The van der Waals surface area contributed by atoms with Gasteiger partial charge in [-0.2, -0.15) is 0 Å². The minimum absolute atomic E-state index is 0.0576. The average molecular weight is 421 g/mol. The summed E-state index contributed by atoms with van der Waals surface area (Å²) in [5, 5.41) is 0. The van der Waals surface area contributed by atoms with Crippen LogP contribution in [0.15, 0.2) is 103 Å². The summed E-state index contributed by atoms with van der Waals surface area (Å²) in [6.45, 7) is 1.84. The second kappa shape index (κ2) is 9.88. The summed E-state index contributed by atoms with van der Waals surface area (Å²) in [7, 11) is 0. The normalized spacial score (nSPS) is 10.5. The third-order valence-corrected chi connectivity index (χ3v) is 5.44. The van der Waals surface area contributed by atoms with Gasteiger partial charge in [0.15, 0.2) is 5.78 Å². The summed E-state index contributed by atoms with van der Waals surface area (Å²) in [6.07, 6.45) is 1.60. The number of ether oxygens (including phenoxy) is 1. The van der Waals surface area contributed by atoms with Gasteiger partial charge in [0.05, 0.1) is 5.56 Å². The van der Waals surface area contributed by atoms with Gasteiger partial charge in [0.1, 0.15) is 5.75 Å². The summed E-state index contributed by atoms with van der Waals surface area (Å²) < 4.78 is 5.71. The van der Waals surface area contributed by atoms with Crippen LogP contribution in [0.1, 0.15) is 43.0 Å². The Morgan fingerprint density at radius 2 is 1.34 bits per heavy atom. The van der Waals surface area contributed by atoms with Crippen molar-refractivity contribution in [2.24, 2.45) is 0 Å². The van der Waals surface area contributed by atoms with E-state index in [0.717, 1.165) is 24.0 Å². The first-order valence-corrected chi connectivity index (χ1v) is 10.7. The topological polar surface area (TPSA) is 43.4 Å². The maximum Gasteiger partial charge on any atom is 0.343 e. The van der Waals surface area contributed by atoms with Gasteiger partial charge in [-0.3, -0.25) is 4.79 Å². The highest BCUT2D eigenvalue weighted by atomic mass is 16.5. The first-order chi connectivity index (χ1) is 15.6. The fraction of sp³-hybridized carbons (Fsp3) is 0.103. The molecule has 0 heterocycles. The first-order valence-electron chi connectivity index (χ1n) is 10.7. The molecule has 158 valence electrons. The van der Waals surface area contributed by atoms with Crippen LogP contribution >= 0.6 is 0 Å². The molecule has 4 aromatic rings. The zero-order valence-electron chi connectivity index (χ0n) is 18.0. The lowest BCUT2D eigenvalue weighted by Gasteiger charge is -2.12. The van der Waals surface area contributed by atoms with E-state index in [4.69, 9.17) is 4.74 Å². The molecule has 0 bridgehead atoms. The molecule has 0 aliphatic carbocycles. The van der Waals surface area contributed by atoms with Crippen molar-refractivity contribution in [1.29, 1.82) is 0 Å². The predicted molar refractivity (Wildman–Crippen MR) is 126 cm³/mol. The van der Waals surface area contributed by atoms with Crippen LogP contribution in [0.25, 0.3) is 0 Å². The van der Waals surface area contributed by atoms with Gasteiger partial charge in [0.2, 0.25) is 0 Å². The largest absolute Gasteiger partial charge is 0.423 e. The van der Waals surface area contributed by atoms with Gasteiger partial charge in [0.25, 0.3) is 0 Å². The van der Waals surface area contributed by atoms with Crippen LogP contribution in [0.3, 0.4) is 0 Å². The molecule has 0 radical (unpaired) electrons. The molecule has 4 rings (SSSR count). The van der Waals surface area contributed by atoms with Crippen LogP contribution in [0.2, 0.25) is 0 Å². The van der Waals surface area contributed by atoms with Crippen molar-refractivity contribution < 1.29 is 14.3 Å². The molecule has 0 amide bonds. The summed E-state index contributed by atoms with van der Waals surface area (Å²) >= 11 is 0. The molecule has 0 saturated heterocycles. The van der Waals surface area contributed by atoms with Gasteiger partial charge in [0, 0.05) is 11.1 Å². The molecule has 4 aromatic carbocycles. The minimum atomic E-state index is -0.390. The Kier molecular flexibility index (Phi) is 6.57. The number of ketones is 1. The molecule has 0 aliphatic heterocycles. The monoisotopic (exact) mass is 420 g/mol. The van der Waals surface area contributed by atoms with Crippen LogP contribution in [-0.4, -0.2) is 11.8 Å². The lowest BCUT2D eigenvalue weighted by atomic mass is 9.99. The number of carbonyl (C=O) groups is 2. The standard InChI is InChI=1S/C29H24O3/c1-21-20-25(28(30)24-13-6-3-7-14-24)18-19-27(21)32-29(31)26-15-9-8-12-23(26)17-16-22-10-4-2-5-11-22/h2-15,18-20H,16-17H2,1H3. The van der Waals surface area contributed by atoms with Crippen LogP contribution in [0.4, 0.5) is 0 Å². The van der Waals surface area contributed by atoms with Gasteiger partial charge in [-0.1, -0.05) is 78.9 Å². The number of benzene rings is 4. The molecule has 0 aliphatic rings. The maximum atomic E-state index is 12.9. The van der Waals surface area contributed by atoms with Crippen molar-refractivity contribution >= 4 is 11.8 Å². The molecule has 0 fully saturated rings. The Morgan fingerprint density at radius 1 is 0.688 bits per heavy atom. The second-order valence-corrected chi connectivity index (χ2v) is 7.71. The lowest BCUT2D eigenvalue weighted by Crippen LogP contribution is -2.13. The van der Waals surface area contributed by atoms with Gasteiger partial charge < -0.3 is 4.74 Å². The summed E-state index contributed by atoms with van der Waals surface area (Å²) in [5.74, 6) is 0.00852. The zero-order valence-corrected chi connectivity index (χ0v) is 18.0. The minimum Gasteiger partial charge on any atom is -0.423 e. The highest BCUT2D eigenvalue weighted by molar-refractivity contribution is 6.09. The third-order valence-electron chi connectivity index (χ3n) is 5.44. The maximum absolute atomic E-state index is 12.9. The van der Waals surface area contributed by atoms with Gasteiger partial charge in [-0.25, -0.2) is 4.79 Å². The molecule has 3 nitrogen and oxygen atoms in total. The molecule has 0 atom stereocenters. The van der Waals surface area contributed by atoms with E-state index in [9.17, 15) is 9.59 Å². The number of rotatable bonds is 7. The van der Waals surface area contributed by atoms with Crippen molar-refractivity contribution in [1.82, 2.24) is 0 Å². The number of esters is 1. The number of carbonyl (C=O) groups excluding carboxylic acids is 2. The van der Waals surface area contributed by atoms with Gasteiger partial charge >= 0.3 is 5.97 Å². The fourth-order valence-corrected chi connectivity index (χ4v) is 3.68. The van der Waals surface area contributed by atoms with Crippen molar-refractivity contribution in [2.45, 2.75) is 19.8 Å². The quantitative estimate of drug-likeness (QED) is 0.202. The molecule has 0 aromatic heterocycles. The Bertz CT molecular complexity index is 1230. The molecular weight excluding hydrogens is 396 g/mol. The van der Waals surface area contributed by atoms with E-state index in [-0.39, 0.29) is 11.8 Å². The van der Waals surface area contributed by atoms with Crippen molar-refractivity contribution in [3.05, 3.63) is 137 Å². The van der Waals surface area contributed by atoms with Gasteiger partial charge in [-0.15, -0.1) is 0 Å². The molecule has 0 N–H and O–H groups in total. The third kappa shape index (κ3) is 5.01. The SMILES string of the molecule is Cc1cc(C(=O)c2ccccc2)ccc1OC(=O)c1ccccc1CCc1ccccc1. The molecule has 0 saturated carbocycles. The van der Waals surface area contributed by atoms with E-state index in [1.807, 2.05) is 61.5 Å². The van der Waals surface area contributed by atoms with E-state index in [1.165, 1.54) is 5.56 Å². The van der Waals surface area contributed by atoms with Gasteiger partial charge in [-0.05, 0) is 60.7 Å². The van der Waals surface area contributed by atoms with E-state index in [1.54, 1.807) is 36.4 Å². The Balaban J connectivity index is 1.49. The average Bonchev–Trinajstić information content (AvgIpc) is 2.85. The number of aryl methyl sites for hydroxylation is 3. The Labute approximate surface area is 188 Å². The molecule has 32 heavy (non-hydrogen) atoms. The molecular formula is C29H24O3. The van der Waals surface area contributed by atoms with Crippen molar-refractivity contribution in [2.75, 3.05) is 0 Å². The Morgan fingerprint density at radius 3 is 2.06 bits per heavy atom. The molecule has 0 spiro atoms. The van der Waals surface area contributed by atoms with E-state index in [2.05, 4.69) is 12.1 Å². The highest BCUT2D eigenvalue weighted by Crippen LogP contribution is 2.23. The Hall–Kier alpha value is -3.98. The van der Waals surface area contributed by atoms with Crippen LogP contribution < -0.4 is 4.74 Å². The molecule has 0 unspecified atom stereocenters. The smallest absolute Gasteiger partial charge is 0.343 e. The second-order valence-electron chi connectivity index (χ2n) is 7.71. The lowest BCUT2D eigenvalue weighted by molar-refractivity contribution is 0.0732. The highest BCUT2D eigenvalue weighted by Gasteiger charge is 2.16. The summed E-state index contributed by atoms with van der Waals surface area (Å²) in [4.78, 5) is 25.6. The summed E-state index contributed by atoms with van der Waals surface area (Å²) in [6, 6.07) is 32.0.